The average molecular weight is 311 g/mol. The molecule has 3 rings (SSSR count). The van der Waals surface area contributed by atoms with Gasteiger partial charge in [0.25, 0.3) is 0 Å². The molecule has 112 valence electrons. The predicted octanol–water partition coefficient (Wildman–Crippen LogP) is 2.82. The molecule has 2 atom stereocenters. The third-order valence-electron chi connectivity index (χ3n) is 3.46. The molecule has 2 heterocycles. The van der Waals surface area contributed by atoms with Gasteiger partial charge >= 0.3 is 0 Å². The number of hydrogen-bond acceptors (Lipinski definition) is 4. The summed E-state index contributed by atoms with van der Waals surface area (Å²) in [7, 11) is 0. The lowest BCUT2D eigenvalue weighted by atomic mass is 10.2. The molecule has 0 fully saturated rings. The van der Waals surface area contributed by atoms with Gasteiger partial charge in [0, 0.05) is 17.5 Å². The van der Waals surface area contributed by atoms with E-state index >= 15 is 0 Å². The van der Waals surface area contributed by atoms with Crippen molar-refractivity contribution in [1.82, 2.24) is 10.3 Å². The molecule has 0 aliphatic carbocycles. The van der Waals surface area contributed by atoms with E-state index in [-0.39, 0.29) is 18.0 Å². The zero-order valence-corrected chi connectivity index (χ0v) is 13.1. The fourth-order valence-corrected chi connectivity index (χ4v) is 3.31. The van der Waals surface area contributed by atoms with Crippen molar-refractivity contribution < 1.29 is 4.79 Å². The van der Waals surface area contributed by atoms with Crippen molar-refractivity contribution in [2.24, 2.45) is 4.99 Å². The number of amides is 1. The second-order valence-corrected chi connectivity index (χ2v) is 6.12. The summed E-state index contributed by atoms with van der Waals surface area (Å²) in [4.78, 5) is 21.2. The smallest absolute Gasteiger partial charge is 0.246 e. The number of aliphatic imine (C=N–C) groups is 1. The molecule has 1 aliphatic heterocycles. The molecule has 1 aromatic carbocycles. The van der Waals surface area contributed by atoms with E-state index in [4.69, 9.17) is 0 Å². The fourth-order valence-electron chi connectivity index (χ4n) is 2.26. The van der Waals surface area contributed by atoms with E-state index in [1.165, 1.54) is 0 Å². The number of thioether (sulfide) groups is 1. The van der Waals surface area contributed by atoms with Gasteiger partial charge in [-0.25, -0.2) is 0 Å². The van der Waals surface area contributed by atoms with E-state index in [1.807, 2.05) is 55.5 Å². The number of benzene rings is 1. The van der Waals surface area contributed by atoms with Crippen LogP contribution in [0.5, 0.6) is 0 Å². The minimum absolute atomic E-state index is 0.0448. The topological polar surface area (TPSA) is 54.4 Å². The summed E-state index contributed by atoms with van der Waals surface area (Å²) < 4.78 is 0. The highest BCUT2D eigenvalue weighted by Gasteiger charge is 2.26. The van der Waals surface area contributed by atoms with E-state index in [0.29, 0.717) is 5.75 Å². The Bertz CT molecular complexity index is 673. The molecule has 2 aromatic rings. The number of nitrogens with zero attached hydrogens (tertiary/aromatic N) is 2. The van der Waals surface area contributed by atoms with Gasteiger partial charge in [-0.15, -0.1) is 11.8 Å². The minimum atomic E-state index is -0.327. The van der Waals surface area contributed by atoms with Crippen molar-refractivity contribution in [2.45, 2.75) is 19.0 Å². The van der Waals surface area contributed by atoms with Crippen LogP contribution >= 0.6 is 11.8 Å². The zero-order valence-electron chi connectivity index (χ0n) is 12.3. The van der Waals surface area contributed by atoms with Crippen LogP contribution in [0.3, 0.4) is 0 Å². The van der Waals surface area contributed by atoms with Gasteiger partial charge in [0.15, 0.2) is 0 Å². The summed E-state index contributed by atoms with van der Waals surface area (Å²) in [6.07, 6.45) is 1.73. The van der Waals surface area contributed by atoms with Gasteiger partial charge in [-0.1, -0.05) is 36.4 Å². The number of nitrogens with one attached hydrogen (secondary N) is 1. The number of hydrogen-bond donors (Lipinski definition) is 1. The molecular weight excluding hydrogens is 294 g/mol. The van der Waals surface area contributed by atoms with Crippen LogP contribution in [0, 0.1) is 0 Å². The Morgan fingerprint density at radius 1 is 1.23 bits per heavy atom. The first kappa shape index (κ1) is 14.8. The lowest BCUT2D eigenvalue weighted by Gasteiger charge is -2.14. The third kappa shape index (κ3) is 3.36. The second-order valence-electron chi connectivity index (χ2n) is 5.11. The molecule has 0 bridgehead atoms. The van der Waals surface area contributed by atoms with Gasteiger partial charge in [-0.05, 0) is 19.1 Å². The van der Waals surface area contributed by atoms with Crippen LogP contribution < -0.4 is 5.32 Å². The lowest BCUT2D eigenvalue weighted by Crippen LogP contribution is -2.35. The Kier molecular flexibility index (Phi) is 4.53. The number of carbonyl (C=O) groups is 1. The first-order valence-corrected chi connectivity index (χ1v) is 8.20. The minimum Gasteiger partial charge on any atom is -0.346 e. The van der Waals surface area contributed by atoms with Crippen molar-refractivity contribution in [1.29, 1.82) is 0 Å². The summed E-state index contributed by atoms with van der Waals surface area (Å²) in [6, 6.07) is 15.2. The van der Waals surface area contributed by atoms with Gasteiger partial charge in [0.1, 0.15) is 6.04 Å². The molecule has 1 aliphatic rings. The average Bonchev–Trinajstić information content (AvgIpc) is 3.06. The Morgan fingerprint density at radius 2 is 2.00 bits per heavy atom. The van der Waals surface area contributed by atoms with Crippen LogP contribution in [0.1, 0.15) is 24.2 Å². The Labute approximate surface area is 134 Å². The van der Waals surface area contributed by atoms with Crippen LogP contribution in [0.15, 0.2) is 59.7 Å². The van der Waals surface area contributed by atoms with E-state index < -0.39 is 0 Å². The van der Waals surface area contributed by atoms with Crippen molar-refractivity contribution in [3.05, 3.63) is 66.0 Å². The van der Waals surface area contributed by atoms with E-state index in [1.54, 1.807) is 18.0 Å². The van der Waals surface area contributed by atoms with Crippen molar-refractivity contribution >= 4 is 22.7 Å². The molecule has 0 radical (unpaired) electrons. The number of pyridine rings is 1. The van der Waals surface area contributed by atoms with Crippen LogP contribution in [0.4, 0.5) is 0 Å². The molecule has 0 saturated carbocycles. The Morgan fingerprint density at radius 3 is 2.73 bits per heavy atom. The van der Waals surface area contributed by atoms with Crippen LogP contribution in [0.2, 0.25) is 0 Å². The molecule has 5 heteroatoms. The SMILES string of the molecule is CC(NC(=O)C1CSC(c2ccccc2)=N1)c1ccccn1. The Balaban J connectivity index is 1.65. The van der Waals surface area contributed by atoms with Crippen LogP contribution in [-0.4, -0.2) is 27.7 Å². The molecule has 0 saturated heterocycles. The molecule has 1 aromatic heterocycles. The van der Waals surface area contributed by atoms with E-state index in [9.17, 15) is 4.79 Å². The van der Waals surface area contributed by atoms with E-state index in [2.05, 4.69) is 15.3 Å². The predicted molar refractivity (Wildman–Crippen MR) is 90.0 cm³/mol. The molecule has 22 heavy (non-hydrogen) atoms. The molecule has 1 N–H and O–H groups in total. The summed E-state index contributed by atoms with van der Waals surface area (Å²) in [5, 5.41) is 3.92. The van der Waals surface area contributed by atoms with Gasteiger partial charge in [0.2, 0.25) is 5.91 Å². The third-order valence-corrected chi connectivity index (χ3v) is 4.56. The first-order valence-electron chi connectivity index (χ1n) is 7.21. The Hall–Kier alpha value is -2.14. The molecule has 2 unspecified atom stereocenters. The van der Waals surface area contributed by atoms with Crippen molar-refractivity contribution in [3.63, 3.8) is 0 Å². The van der Waals surface area contributed by atoms with Gasteiger partial charge < -0.3 is 5.32 Å². The van der Waals surface area contributed by atoms with Crippen molar-refractivity contribution in [2.75, 3.05) is 5.75 Å². The van der Waals surface area contributed by atoms with Crippen LogP contribution in [-0.2, 0) is 4.79 Å². The summed E-state index contributed by atoms with van der Waals surface area (Å²) in [5.74, 6) is 0.641. The normalized spacial score (nSPS) is 18.6. The summed E-state index contributed by atoms with van der Waals surface area (Å²) in [5.41, 5.74) is 1.93. The maximum absolute atomic E-state index is 12.3. The molecule has 0 spiro atoms. The highest BCUT2D eigenvalue weighted by Crippen LogP contribution is 2.24. The maximum atomic E-state index is 12.3. The number of rotatable bonds is 4. The van der Waals surface area contributed by atoms with Gasteiger partial charge in [-0.3, -0.25) is 14.8 Å². The summed E-state index contributed by atoms with van der Waals surface area (Å²) in [6.45, 7) is 1.93. The van der Waals surface area contributed by atoms with Gasteiger partial charge in [-0.2, -0.15) is 0 Å². The standard InChI is InChI=1S/C17H17N3OS/c1-12(14-9-5-6-10-18-14)19-16(21)15-11-22-17(20-15)13-7-3-2-4-8-13/h2-10,12,15H,11H2,1H3,(H,19,21). The zero-order chi connectivity index (χ0) is 15.4. The number of carbonyl (C=O) groups excluding carboxylic acids is 1. The first-order chi connectivity index (χ1) is 10.7. The largest absolute Gasteiger partial charge is 0.346 e. The maximum Gasteiger partial charge on any atom is 0.246 e. The summed E-state index contributed by atoms with van der Waals surface area (Å²) >= 11 is 1.63. The molecule has 1 amide bonds. The lowest BCUT2D eigenvalue weighted by molar-refractivity contribution is -0.122. The van der Waals surface area contributed by atoms with Crippen LogP contribution in [0.25, 0.3) is 0 Å². The van der Waals surface area contributed by atoms with Gasteiger partial charge in [0.05, 0.1) is 16.8 Å². The molecule has 4 nitrogen and oxygen atoms in total. The highest BCUT2D eigenvalue weighted by atomic mass is 32.2. The molecular formula is C17H17N3OS. The van der Waals surface area contributed by atoms with E-state index in [0.717, 1.165) is 16.3 Å². The van der Waals surface area contributed by atoms with Crippen molar-refractivity contribution in [3.8, 4) is 0 Å². The fraction of sp³-hybridized carbons (Fsp3) is 0.235. The second kappa shape index (κ2) is 6.75. The highest BCUT2D eigenvalue weighted by molar-refractivity contribution is 8.14. The number of aromatic nitrogens is 1. The monoisotopic (exact) mass is 311 g/mol. The quantitative estimate of drug-likeness (QED) is 0.944.